The van der Waals surface area contributed by atoms with E-state index in [4.69, 9.17) is 9.57 Å². The zero-order chi connectivity index (χ0) is 21.9. The average molecular weight is 419 g/mol. The average Bonchev–Trinajstić information content (AvgIpc) is 2.69. The number of ketones is 1. The first kappa shape index (κ1) is 22.7. The van der Waals surface area contributed by atoms with Crippen molar-refractivity contribution < 1.29 is 27.6 Å². The molecule has 29 heavy (non-hydrogen) atoms. The second-order valence-corrected chi connectivity index (χ2v) is 8.72. The Morgan fingerprint density at radius 2 is 1.62 bits per heavy atom. The van der Waals surface area contributed by atoms with E-state index in [9.17, 15) is 18.0 Å². The maximum Gasteiger partial charge on any atom is 0.338 e. The topological polar surface area (TPSA) is 90.0 Å². The number of benzene rings is 2. The zero-order valence-corrected chi connectivity index (χ0v) is 18.2. The van der Waals surface area contributed by atoms with Crippen LogP contribution in [0.5, 0.6) is 0 Å². The number of rotatable bonds is 7. The van der Waals surface area contributed by atoms with Crippen molar-refractivity contribution in [2.75, 3.05) is 14.2 Å². The summed E-state index contributed by atoms with van der Waals surface area (Å²) in [5.74, 6) is -1.11. The summed E-state index contributed by atoms with van der Waals surface area (Å²) in [6, 6.07) is 9.07. The molecule has 8 heteroatoms. The van der Waals surface area contributed by atoms with Gasteiger partial charge in [0.25, 0.3) is 10.0 Å². The monoisotopic (exact) mass is 419 g/mol. The summed E-state index contributed by atoms with van der Waals surface area (Å²) in [6.45, 7) is 7.19. The SMILES string of the molecule is CON(C)S(=O)(=O)c1cccc(C(=O)O[C@@H](C)C(=O)c2cc(C)c(C)cc2C)c1. The van der Waals surface area contributed by atoms with Gasteiger partial charge in [0.05, 0.1) is 17.6 Å². The van der Waals surface area contributed by atoms with Crippen LogP contribution in [0, 0.1) is 20.8 Å². The van der Waals surface area contributed by atoms with Crippen molar-refractivity contribution in [3.05, 3.63) is 64.2 Å². The lowest BCUT2D eigenvalue weighted by atomic mass is 9.96. The summed E-state index contributed by atoms with van der Waals surface area (Å²) < 4.78 is 30.7. The second-order valence-electron chi connectivity index (χ2n) is 6.79. The summed E-state index contributed by atoms with van der Waals surface area (Å²) in [4.78, 5) is 29.9. The predicted molar refractivity (Wildman–Crippen MR) is 108 cm³/mol. The first-order valence-corrected chi connectivity index (χ1v) is 10.4. The van der Waals surface area contributed by atoms with Gasteiger partial charge in [-0.3, -0.25) is 9.63 Å². The highest BCUT2D eigenvalue weighted by Gasteiger charge is 2.25. The number of esters is 1. The van der Waals surface area contributed by atoms with Gasteiger partial charge in [0.15, 0.2) is 6.10 Å². The van der Waals surface area contributed by atoms with Crippen LogP contribution in [0.2, 0.25) is 0 Å². The Hall–Kier alpha value is -2.55. The fraction of sp³-hybridized carbons (Fsp3) is 0.333. The third-order valence-corrected chi connectivity index (χ3v) is 6.40. The lowest BCUT2D eigenvalue weighted by Crippen LogP contribution is -2.27. The normalized spacial score (nSPS) is 12.7. The molecule has 0 aliphatic carbocycles. The minimum absolute atomic E-state index is 0.0204. The highest BCUT2D eigenvalue weighted by atomic mass is 32.2. The molecule has 0 aliphatic rings. The quantitative estimate of drug-likeness (QED) is 0.389. The summed E-state index contributed by atoms with van der Waals surface area (Å²) >= 11 is 0. The highest BCUT2D eigenvalue weighted by Crippen LogP contribution is 2.20. The molecule has 7 nitrogen and oxygen atoms in total. The Morgan fingerprint density at radius 3 is 2.24 bits per heavy atom. The van der Waals surface area contributed by atoms with E-state index < -0.39 is 22.1 Å². The smallest absolute Gasteiger partial charge is 0.338 e. The minimum Gasteiger partial charge on any atom is -0.451 e. The molecule has 1 atom stereocenters. The number of aryl methyl sites for hydroxylation is 3. The third-order valence-electron chi connectivity index (χ3n) is 4.72. The predicted octanol–water partition coefficient (Wildman–Crippen LogP) is 3.22. The van der Waals surface area contributed by atoms with Crippen molar-refractivity contribution in [3.63, 3.8) is 0 Å². The molecule has 0 fully saturated rings. The van der Waals surface area contributed by atoms with Crippen LogP contribution in [-0.2, 0) is 19.6 Å². The van der Waals surface area contributed by atoms with Crippen LogP contribution in [0.3, 0.4) is 0 Å². The fourth-order valence-corrected chi connectivity index (χ4v) is 3.78. The summed E-state index contributed by atoms with van der Waals surface area (Å²) in [6.07, 6.45) is -1.02. The van der Waals surface area contributed by atoms with Crippen LogP contribution in [0.25, 0.3) is 0 Å². The molecule has 0 aliphatic heterocycles. The van der Waals surface area contributed by atoms with E-state index in [2.05, 4.69) is 0 Å². The van der Waals surface area contributed by atoms with Gasteiger partial charge >= 0.3 is 5.97 Å². The van der Waals surface area contributed by atoms with Crippen molar-refractivity contribution >= 4 is 21.8 Å². The first-order chi connectivity index (χ1) is 13.5. The number of hydroxylamine groups is 1. The molecule has 0 N–H and O–H groups in total. The molecular weight excluding hydrogens is 394 g/mol. The van der Waals surface area contributed by atoms with Gasteiger partial charge in [-0.2, -0.15) is 0 Å². The zero-order valence-electron chi connectivity index (χ0n) is 17.3. The molecule has 2 aromatic rings. The van der Waals surface area contributed by atoms with Gasteiger partial charge in [-0.15, -0.1) is 0 Å². The number of carbonyl (C=O) groups excluding carboxylic acids is 2. The van der Waals surface area contributed by atoms with E-state index in [1.807, 2.05) is 26.8 Å². The van der Waals surface area contributed by atoms with E-state index in [0.29, 0.717) is 10.0 Å². The van der Waals surface area contributed by atoms with Crippen LogP contribution >= 0.6 is 0 Å². The molecule has 0 amide bonds. The van der Waals surface area contributed by atoms with E-state index in [0.717, 1.165) is 16.7 Å². The number of sulfonamides is 1. The lowest BCUT2D eigenvalue weighted by molar-refractivity contribution is -0.0258. The number of ether oxygens (including phenoxy) is 1. The lowest BCUT2D eigenvalue weighted by Gasteiger charge is -2.16. The molecule has 0 bridgehead atoms. The Balaban J connectivity index is 2.23. The second kappa shape index (κ2) is 8.86. The number of carbonyl (C=O) groups is 2. The Kier molecular flexibility index (Phi) is 6.94. The number of hydrogen-bond acceptors (Lipinski definition) is 6. The maximum absolute atomic E-state index is 12.8. The highest BCUT2D eigenvalue weighted by molar-refractivity contribution is 7.89. The molecule has 0 saturated carbocycles. The van der Waals surface area contributed by atoms with Crippen molar-refractivity contribution in [3.8, 4) is 0 Å². The van der Waals surface area contributed by atoms with Gasteiger partial charge in [-0.05, 0) is 68.7 Å². The maximum atomic E-state index is 12.8. The summed E-state index contributed by atoms with van der Waals surface area (Å²) in [5.41, 5.74) is 3.36. The summed E-state index contributed by atoms with van der Waals surface area (Å²) in [7, 11) is -1.45. The molecule has 0 radical (unpaired) electrons. The number of nitrogens with zero attached hydrogens (tertiary/aromatic N) is 1. The van der Waals surface area contributed by atoms with Crippen molar-refractivity contribution in [1.82, 2.24) is 4.47 Å². The summed E-state index contributed by atoms with van der Waals surface area (Å²) in [5, 5.41) is 0. The number of hydrogen-bond donors (Lipinski definition) is 0. The van der Waals surface area contributed by atoms with E-state index in [1.54, 1.807) is 6.07 Å². The molecule has 2 rings (SSSR count). The Morgan fingerprint density at radius 1 is 1.00 bits per heavy atom. The van der Waals surface area contributed by atoms with E-state index in [-0.39, 0.29) is 16.2 Å². The van der Waals surface area contributed by atoms with Crippen molar-refractivity contribution in [2.24, 2.45) is 0 Å². The standard InChI is InChI=1S/C21H25NO6S/c1-13-10-15(3)19(11-14(13)2)20(23)16(4)28-21(24)17-8-7-9-18(12-17)29(25,26)22(5)27-6/h7-12,16H,1-6H3/t16-/m0/s1. The molecular formula is C21H25NO6S. The van der Waals surface area contributed by atoms with Gasteiger partial charge in [0.1, 0.15) is 0 Å². The van der Waals surface area contributed by atoms with Crippen LogP contribution in [0.1, 0.15) is 44.3 Å². The van der Waals surface area contributed by atoms with Gasteiger partial charge in [0.2, 0.25) is 5.78 Å². The minimum atomic E-state index is -3.91. The van der Waals surface area contributed by atoms with Crippen LogP contribution < -0.4 is 0 Å². The molecule has 0 saturated heterocycles. The molecule has 156 valence electrons. The van der Waals surface area contributed by atoms with Gasteiger partial charge in [-0.1, -0.05) is 16.6 Å². The van der Waals surface area contributed by atoms with E-state index in [1.165, 1.54) is 45.3 Å². The largest absolute Gasteiger partial charge is 0.451 e. The Bertz CT molecular complexity index is 1050. The number of Topliss-reactive ketones (excluding diaryl/α,β-unsaturated/α-hetero) is 1. The molecule has 2 aromatic carbocycles. The van der Waals surface area contributed by atoms with Crippen LogP contribution in [0.4, 0.5) is 0 Å². The van der Waals surface area contributed by atoms with Crippen LogP contribution in [0.15, 0.2) is 41.3 Å². The van der Waals surface area contributed by atoms with Crippen LogP contribution in [-0.4, -0.2) is 44.9 Å². The fourth-order valence-electron chi connectivity index (χ4n) is 2.76. The van der Waals surface area contributed by atoms with Gasteiger partial charge in [-0.25, -0.2) is 13.2 Å². The van der Waals surface area contributed by atoms with Crippen molar-refractivity contribution in [1.29, 1.82) is 0 Å². The van der Waals surface area contributed by atoms with Crippen molar-refractivity contribution in [2.45, 2.75) is 38.7 Å². The molecule has 0 spiro atoms. The molecule has 0 unspecified atom stereocenters. The molecule has 0 heterocycles. The first-order valence-electron chi connectivity index (χ1n) is 8.95. The third kappa shape index (κ3) is 4.90. The Labute approximate surface area is 171 Å². The molecule has 0 aromatic heterocycles. The van der Waals surface area contributed by atoms with Gasteiger partial charge in [0, 0.05) is 12.6 Å². The van der Waals surface area contributed by atoms with E-state index >= 15 is 0 Å². The van der Waals surface area contributed by atoms with Gasteiger partial charge < -0.3 is 4.74 Å².